The predicted octanol–water partition coefficient (Wildman–Crippen LogP) is 3.57. The second kappa shape index (κ2) is 9.31. The van der Waals surface area contributed by atoms with Gasteiger partial charge in [-0.25, -0.2) is 0 Å². The van der Waals surface area contributed by atoms with Crippen LogP contribution in [0, 0.1) is 0 Å². The van der Waals surface area contributed by atoms with E-state index in [1.54, 1.807) is 6.20 Å². The number of ether oxygens (including phenoxy) is 1. The van der Waals surface area contributed by atoms with Crippen LogP contribution < -0.4 is 5.43 Å². The molecule has 7 heteroatoms. The van der Waals surface area contributed by atoms with Gasteiger partial charge in [0.1, 0.15) is 5.76 Å². The Kier molecular flexibility index (Phi) is 6.32. The number of carbonyl (C=O) groups excluding carboxylic acids is 1. The van der Waals surface area contributed by atoms with E-state index in [4.69, 9.17) is 9.15 Å². The number of benzene rings is 1. The van der Waals surface area contributed by atoms with Gasteiger partial charge in [0.2, 0.25) is 11.2 Å². The average Bonchev–Trinajstić information content (AvgIpc) is 2.80. The number of carbonyl (C=O) groups is 1. The highest BCUT2D eigenvalue weighted by atomic mass is 16.5. The van der Waals surface area contributed by atoms with E-state index in [2.05, 4.69) is 9.88 Å². The SMILES string of the molecule is COC(=O)CC(c1ccc2ncccc2c1)c1oc(CN2CCCCC2)cc(=O)c1O. The number of rotatable bonds is 6. The Bertz CT molecular complexity index is 1130. The zero-order valence-electron chi connectivity index (χ0n) is 17.5. The molecule has 0 radical (unpaired) electrons. The molecule has 0 bridgehead atoms. The maximum absolute atomic E-state index is 12.6. The lowest BCUT2D eigenvalue weighted by Crippen LogP contribution is -2.29. The van der Waals surface area contributed by atoms with Crippen molar-refractivity contribution >= 4 is 16.9 Å². The highest BCUT2D eigenvalue weighted by Crippen LogP contribution is 2.34. The number of esters is 1. The molecular formula is C24H26N2O5. The number of nitrogens with zero attached hydrogens (tertiary/aromatic N) is 2. The number of pyridine rings is 1. The van der Waals surface area contributed by atoms with Gasteiger partial charge in [-0.15, -0.1) is 0 Å². The molecule has 0 spiro atoms. The summed E-state index contributed by atoms with van der Waals surface area (Å²) in [6.45, 7) is 2.39. The van der Waals surface area contributed by atoms with Crippen LogP contribution in [0.2, 0.25) is 0 Å². The lowest BCUT2D eigenvalue weighted by atomic mass is 9.91. The molecule has 1 N–H and O–H groups in total. The van der Waals surface area contributed by atoms with Crippen molar-refractivity contribution in [3.63, 3.8) is 0 Å². The average molecular weight is 422 g/mol. The van der Waals surface area contributed by atoms with Crippen molar-refractivity contribution in [1.29, 1.82) is 0 Å². The molecule has 0 saturated carbocycles. The molecule has 1 aromatic carbocycles. The number of aromatic hydroxyl groups is 1. The first-order chi connectivity index (χ1) is 15.0. The van der Waals surface area contributed by atoms with E-state index in [0.29, 0.717) is 12.3 Å². The van der Waals surface area contributed by atoms with Gasteiger partial charge in [-0.3, -0.25) is 19.5 Å². The standard InChI is InChI=1S/C24H26N2O5/c1-30-22(28)14-19(16-7-8-20-17(12-16)6-5-9-25-20)24-23(29)21(27)13-18(31-24)15-26-10-3-2-4-11-26/h5-9,12-13,19,29H,2-4,10-11,14-15H2,1H3. The third-order valence-corrected chi connectivity index (χ3v) is 5.77. The van der Waals surface area contributed by atoms with E-state index in [-0.39, 0.29) is 12.2 Å². The van der Waals surface area contributed by atoms with Crippen LogP contribution in [0.3, 0.4) is 0 Å². The van der Waals surface area contributed by atoms with Crippen LogP contribution in [-0.4, -0.2) is 41.2 Å². The summed E-state index contributed by atoms with van der Waals surface area (Å²) in [6.07, 6.45) is 5.09. The lowest BCUT2D eigenvalue weighted by molar-refractivity contribution is -0.140. The van der Waals surface area contributed by atoms with E-state index in [9.17, 15) is 14.7 Å². The summed E-state index contributed by atoms with van der Waals surface area (Å²) in [5, 5.41) is 11.5. The zero-order valence-corrected chi connectivity index (χ0v) is 17.5. The van der Waals surface area contributed by atoms with Gasteiger partial charge in [-0.05, 0) is 49.7 Å². The molecule has 3 aromatic rings. The van der Waals surface area contributed by atoms with Crippen LogP contribution in [-0.2, 0) is 16.1 Å². The molecule has 1 fully saturated rings. The number of methoxy groups -OCH3 is 1. The minimum atomic E-state index is -0.661. The summed E-state index contributed by atoms with van der Waals surface area (Å²) in [4.78, 5) is 31.3. The Morgan fingerprint density at radius 1 is 1.23 bits per heavy atom. The van der Waals surface area contributed by atoms with Crippen molar-refractivity contribution in [2.45, 2.75) is 38.1 Å². The summed E-state index contributed by atoms with van der Waals surface area (Å²) < 4.78 is 10.9. The van der Waals surface area contributed by atoms with E-state index in [1.165, 1.54) is 19.6 Å². The minimum absolute atomic E-state index is 0.0636. The van der Waals surface area contributed by atoms with Gasteiger partial charge in [-0.1, -0.05) is 18.6 Å². The molecule has 1 saturated heterocycles. The van der Waals surface area contributed by atoms with Gasteiger partial charge in [0.25, 0.3) is 0 Å². The number of likely N-dealkylation sites (tertiary alicyclic amines) is 1. The number of hydrogen-bond donors (Lipinski definition) is 1. The van der Waals surface area contributed by atoms with Gasteiger partial charge < -0.3 is 14.3 Å². The van der Waals surface area contributed by atoms with E-state index in [1.807, 2.05) is 30.3 Å². The number of hydrogen-bond acceptors (Lipinski definition) is 7. The first-order valence-corrected chi connectivity index (χ1v) is 10.5. The van der Waals surface area contributed by atoms with Gasteiger partial charge >= 0.3 is 5.97 Å². The Labute approximate surface area is 180 Å². The smallest absolute Gasteiger partial charge is 0.306 e. The molecule has 3 heterocycles. The Morgan fingerprint density at radius 3 is 2.81 bits per heavy atom. The molecule has 0 amide bonds. The van der Waals surface area contributed by atoms with Crippen LogP contribution in [0.5, 0.6) is 5.75 Å². The van der Waals surface area contributed by atoms with Crippen molar-refractivity contribution in [2.75, 3.05) is 20.2 Å². The predicted molar refractivity (Wildman–Crippen MR) is 116 cm³/mol. The molecule has 1 aliphatic rings. The first-order valence-electron chi connectivity index (χ1n) is 10.5. The topological polar surface area (TPSA) is 92.9 Å². The van der Waals surface area contributed by atoms with Gasteiger partial charge in [0, 0.05) is 17.6 Å². The zero-order chi connectivity index (χ0) is 21.8. The van der Waals surface area contributed by atoms with E-state index < -0.39 is 23.1 Å². The van der Waals surface area contributed by atoms with Crippen LogP contribution in [0.15, 0.2) is 51.8 Å². The van der Waals surface area contributed by atoms with Crippen molar-refractivity contribution in [1.82, 2.24) is 9.88 Å². The molecule has 4 rings (SSSR count). The maximum atomic E-state index is 12.6. The van der Waals surface area contributed by atoms with Crippen molar-refractivity contribution in [2.24, 2.45) is 0 Å². The fraction of sp³-hybridized carbons (Fsp3) is 0.375. The molecule has 7 nitrogen and oxygen atoms in total. The Hall–Kier alpha value is -3.19. The summed E-state index contributed by atoms with van der Waals surface area (Å²) in [6, 6.07) is 10.7. The van der Waals surface area contributed by atoms with Crippen LogP contribution >= 0.6 is 0 Å². The molecule has 31 heavy (non-hydrogen) atoms. The third kappa shape index (κ3) is 4.77. The summed E-state index contributed by atoms with van der Waals surface area (Å²) in [7, 11) is 1.31. The summed E-state index contributed by atoms with van der Waals surface area (Å²) in [5.41, 5.74) is 1.04. The number of fused-ring (bicyclic) bond motifs is 1. The van der Waals surface area contributed by atoms with Gasteiger partial charge in [0.15, 0.2) is 5.76 Å². The van der Waals surface area contributed by atoms with Crippen LogP contribution in [0.1, 0.15) is 48.7 Å². The maximum Gasteiger partial charge on any atom is 0.306 e. The summed E-state index contributed by atoms with van der Waals surface area (Å²) in [5.74, 6) is -1.02. The monoisotopic (exact) mass is 422 g/mol. The molecular weight excluding hydrogens is 396 g/mol. The van der Waals surface area contributed by atoms with Crippen LogP contribution in [0.25, 0.3) is 10.9 Å². The molecule has 1 atom stereocenters. The quantitative estimate of drug-likeness (QED) is 0.607. The normalized spacial score (nSPS) is 15.6. The van der Waals surface area contributed by atoms with E-state index >= 15 is 0 Å². The van der Waals surface area contributed by atoms with Crippen LogP contribution in [0.4, 0.5) is 0 Å². The second-order valence-corrected chi connectivity index (χ2v) is 7.92. The number of piperidine rings is 1. The molecule has 1 aliphatic heterocycles. The Morgan fingerprint density at radius 2 is 2.03 bits per heavy atom. The first kappa shape index (κ1) is 21.1. The number of aromatic nitrogens is 1. The van der Waals surface area contributed by atoms with Crippen molar-refractivity contribution in [3.05, 3.63) is 69.9 Å². The lowest BCUT2D eigenvalue weighted by Gasteiger charge is -2.26. The minimum Gasteiger partial charge on any atom is -0.502 e. The molecule has 162 valence electrons. The summed E-state index contributed by atoms with van der Waals surface area (Å²) >= 11 is 0. The largest absolute Gasteiger partial charge is 0.502 e. The molecule has 1 unspecified atom stereocenters. The molecule has 0 aliphatic carbocycles. The highest BCUT2D eigenvalue weighted by Gasteiger charge is 2.27. The van der Waals surface area contributed by atoms with E-state index in [0.717, 1.165) is 42.4 Å². The molecule has 2 aromatic heterocycles. The van der Waals surface area contributed by atoms with Gasteiger partial charge in [-0.2, -0.15) is 0 Å². The van der Waals surface area contributed by atoms with Crippen molar-refractivity contribution < 1.29 is 19.1 Å². The highest BCUT2D eigenvalue weighted by molar-refractivity contribution is 5.80. The second-order valence-electron chi connectivity index (χ2n) is 7.92. The third-order valence-electron chi connectivity index (χ3n) is 5.77. The fourth-order valence-electron chi connectivity index (χ4n) is 4.13. The van der Waals surface area contributed by atoms with Crippen molar-refractivity contribution in [3.8, 4) is 5.75 Å². The van der Waals surface area contributed by atoms with Gasteiger partial charge in [0.05, 0.1) is 31.5 Å². The Balaban J connectivity index is 1.76. The fourth-order valence-corrected chi connectivity index (χ4v) is 4.13.